The van der Waals surface area contributed by atoms with Crippen LogP contribution < -0.4 is 5.32 Å². The molecule has 64 valence electrons. The predicted molar refractivity (Wildman–Crippen MR) is 49.6 cm³/mol. The van der Waals surface area contributed by atoms with Crippen LogP contribution in [0.2, 0.25) is 0 Å². The van der Waals surface area contributed by atoms with Crippen molar-refractivity contribution < 1.29 is 0 Å². The molecule has 0 aromatic rings. The fourth-order valence-electron chi connectivity index (χ4n) is 1.48. The molecule has 1 heteroatoms. The standard InChI is InChI=1S/C10H19N/c1-10(2,3)9-5-4-7-11-8-6-9/h5,11H,4,6-8H2,1-3H3. The third-order valence-corrected chi connectivity index (χ3v) is 2.25. The van der Waals surface area contributed by atoms with Crippen molar-refractivity contribution in [3.63, 3.8) is 0 Å². The van der Waals surface area contributed by atoms with Crippen LogP contribution in [-0.2, 0) is 0 Å². The molecular formula is C10H19N. The minimum atomic E-state index is 0.381. The van der Waals surface area contributed by atoms with Crippen molar-refractivity contribution in [2.24, 2.45) is 5.41 Å². The van der Waals surface area contributed by atoms with Gasteiger partial charge in [0, 0.05) is 0 Å². The van der Waals surface area contributed by atoms with Gasteiger partial charge in [0.15, 0.2) is 0 Å². The Bertz CT molecular complexity index is 151. The Morgan fingerprint density at radius 3 is 2.64 bits per heavy atom. The maximum Gasteiger partial charge on any atom is -0.00113 e. The summed E-state index contributed by atoms with van der Waals surface area (Å²) in [5, 5.41) is 3.40. The van der Waals surface area contributed by atoms with Gasteiger partial charge in [0.05, 0.1) is 0 Å². The quantitative estimate of drug-likeness (QED) is 0.527. The lowest BCUT2D eigenvalue weighted by atomic mass is 9.84. The zero-order chi connectivity index (χ0) is 8.32. The fraction of sp³-hybridized carbons (Fsp3) is 0.800. The van der Waals surface area contributed by atoms with E-state index in [9.17, 15) is 0 Å². The molecule has 0 aromatic carbocycles. The third kappa shape index (κ3) is 2.66. The lowest BCUT2D eigenvalue weighted by Crippen LogP contribution is -2.16. The van der Waals surface area contributed by atoms with E-state index in [0.717, 1.165) is 13.1 Å². The predicted octanol–water partition coefficient (Wildman–Crippen LogP) is 2.34. The Balaban J connectivity index is 2.61. The van der Waals surface area contributed by atoms with Crippen LogP contribution in [0.25, 0.3) is 0 Å². The van der Waals surface area contributed by atoms with Crippen molar-refractivity contribution in [2.45, 2.75) is 33.6 Å². The molecule has 1 aliphatic rings. The van der Waals surface area contributed by atoms with E-state index < -0.39 is 0 Å². The molecule has 0 bridgehead atoms. The topological polar surface area (TPSA) is 12.0 Å². The number of rotatable bonds is 0. The van der Waals surface area contributed by atoms with Gasteiger partial charge in [-0.1, -0.05) is 32.4 Å². The summed E-state index contributed by atoms with van der Waals surface area (Å²) >= 11 is 0. The molecule has 0 saturated heterocycles. The molecule has 0 unspecified atom stereocenters. The molecule has 0 aromatic heterocycles. The van der Waals surface area contributed by atoms with E-state index in [-0.39, 0.29) is 0 Å². The van der Waals surface area contributed by atoms with E-state index in [1.165, 1.54) is 12.8 Å². The Morgan fingerprint density at radius 1 is 1.27 bits per heavy atom. The van der Waals surface area contributed by atoms with Crippen molar-refractivity contribution in [1.29, 1.82) is 0 Å². The zero-order valence-electron chi connectivity index (χ0n) is 7.91. The van der Waals surface area contributed by atoms with Gasteiger partial charge in [-0.15, -0.1) is 0 Å². The van der Waals surface area contributed by atoms with Gasteiger partial charge in [-0.3, -0.25) is 0 Å². The first-order chi connectivity index (χ1) is 5.11. The van der Waals surface area contributed by atoms with E-state index >= 15 is 0 Å². The molecule has 0 fully saturated rings. The highest BCUT2D eigenvalue weighted by Crippen LogP contribution is 2.28. The number of hydrogen-bond acceptors (Lipinski definition) is 1. The maximum absolute atomic E-state index is 3.40. The molecule has 0 amide bonds. The summed E-state index contributed by atoms with van der Waals surface area (Å²) in [4.78, 5) is 0. The van der Waals surface area contributed by atoms with E-state index in [1.54, 1.807) is 5.57 Å². The summed E-state index contributed by atoms with van der Waals surface area (Å²) in [5.41, 5.74) is 1.99. The Labute approximate surface area is 69.9 Å². The van der Waals surface area contributed by atoms with Crippen molar-refractivity contribution in [3.8, 4) is 0 Å². The highest BCUT2D eigenvalue weighted by atomic mass is 14.8. The van der Waals surface area contributed by atoms with Crippen LogP contribution in [0.1, 0.15) is 33.6 Å². The third-order valence-electron chi connectivity index (χ3n) is 2.25. The van der Waals surface area contributed by atoms with E-state index in [1.807, 2.05) is 0 Å². The summed E-state index contributed by atoms with van der Waals surface area (Å²) in [5.74, 6) is 0. The second-order valence-electron chi connectivity index (χ2n) is 4.27. The maximum atomic E-state index is 3.40. The van der Waals surface area contributed by atoms with Crippen LogP contribution in [0.5, 0.6) is 0 Å². The highest BCUT2D eigenvalue weighted by molar-refractivity contribution is 5.12. The lowest BCUT2D eigenvalue weighted by Gasteiger charge is -2.22. The molecule has 0 aliphatic carbocycles. The summed E-state index contributed by atoms with van der Waals surface area (Å²) in [6.45, 7) is 9.20. The van der Waals surface area contributed by atoms with E-state index in [2.05, 4.69) is 32.2 Å². The van der Waals surface area contributed by atoms with Crippen LogP contribution in [0.3, 0.4) is 0 Å². The van der Waals surface area contributed by atoms with Crippen LogP contribution in [0.4, 0.5) is 0 Å². The molecule has 1 heterocycles. The van der Waals surface area contributed by atoms with Gasteiger partial charge >= 0.3 is 0 Å². The summed E-state index contributed by atoms with van der Waals surface area (Å²) in [6.07, 6.45) is 4.83. The minimum Gasteiger partial charge on any atom is -0.316 e. The van der Waals surface area contributed by atoms with Gasteiger partial charge in [-0.25, -0.2) is 0 Å². The smallest absolute Gasteiger partial charge is 0.00113 e. The zero-order valence-corrected chi connectivity index (χ0v) is 7.91. The average Bonchev–Trinajstić information content (AvgIpc) is 2.10. The van der Waals surface area contributed by atoms with E-state index in [4.69, 9.17) is 0 Å². The first-order valence-electron chi connectivity index (χ1n) is 4.51. The van der Waals surface area contributed by atoms with Crippen molar-refractivity contribution >= 4 is 0 Å². The van der Waals surface area contributed by atoms with E-state index in [0.29, 0.717) is 5.41 Å². The van der Waals surface area contributed by atoms with Gasteiger partial charge in [0.2, 0.25) is 0 Å². The highest BCUT2D eigenvalue weighted by Gasteiger charge is 2.16. The minimum absolute atomic E-state index is 0.381. The van der Waals surface area contributed by atoms with Gasteiger partial charge in [0.25, 0.3) is 0 Å². The molecule has 1 rings (SSSR count). The van der Waals surface area contributed by atoms with Gasteiger partial charge in [0.1, 0.15) is 0 Å². The first-order valence-corrected chi connectivity index (χ1v) is 4.51. The molecule has 0 spiro atoms. The summed E-state index contributed by atoms with van der Waals surface area (Å²) in [7, 11) is 0. The Morgan fingerprint density at radius 2 is 2.00 bits per heavy atom. The Kier molecular flexibility index (Phi) is 2.72. The van der Waals surface area contributed by atoms with Gasteiger partial charge in [-0.2, -0.15) is 0 Å². The van der Waals surface area contributed by atoms with Crippen molar-refractivity contribution in [1.82, 2.24) is 5.32 Å². The lowest BCUT2D eigenvalue weighted by molar-refractivity contribution is 0.481. The first kappa shape index (κ1) is 8.79. The molecule has 1 nitrogen and oxygen atoms in total. The second kappa shape index (κ2) is 3.40. The normalized spacial score (nSPS) is 20.8. The Hall–Kier alpha value is -0.300. The number of hydrogen-bond donors (Lipinski definition) is 1. The van der Waals surface area contributed by atoms with Crippen molar-refractivity contribution in [2.75, 3.05) is 13.1 Å². The fourth-order valence-corrected chi connectivity index (χ4v) is 1.48. The monoisotopic (exact) mass is 153 g/mol. The van der Waals surface area contributed by atoms with Gasteiger partial charge < -0.3 is 5.32 Å². The molecule has 0 saturated carbocycles. The van der Waals surface area contributed by atoms with Crippen LogP contribution >= 0.6 is 0 Å². The molecule has 0 radical (unpaired) electrons. The SMILES string of the molecule is CC(C)(C)C1=CCCNCC1. The summed E-state index contributed by atoms with van der Waals surface area (Å²) in [6, 6.07) is 0. The summed E-state index contributed by atoms with van der Waals surface area (Å²) < 4.78 is 0. The second-order valence-corrected chi connectivity index (χ2v) is 4.27. The van der Waals surface area contributed by atoms with Crippen LogP contribution in [0, 0.1) is 5.41 Å². The largest absolute Gasteiger partial charge is 0.316 e. The van der Waals surface area contributed by atoms with Gasteiger partial charge in [-0.05, 0) is 31.3 Å². The molecule has 0 atom stereocenters. The molecule has 1 N–H and O–H groups in total. The van der Waals surface area contributed by atoms with Crippen LogP contribution in [-0.4, -0.2) is 13.1 Å². The number of nitrogens with one attached hydrogen (secondary N) is 1. The van der Waals surface area contributed by atoms with Crippen molar-refractivity contribution in [3.05, 3.63) is 11.6 Å². The molecular weight excluding hydrogens is 134 g/mol. The molecule has 1 aliphatic heterocycles. The van der Waals surface area contributed by atoms with Crippen LogP contribution in [0.15, 0.2) is 11.6 Å². The average molecular weight is 153 g/mol. The molecule has 11 heavy (non-hydrogen) atoms.